The van der Waals surface area contributed by atoms with Crippen molar-refractivity contribution in [1.82, 2.24) is 15.2 Å². The van der Waals surface area contributed by atoms with Crippen molar-refractivity contribution in [2.45, 2.75) is 17.0 Å². The van der Waals surface area contributed by atoms with Crippen molar-refractivity contribution >= 4 is 45.5 Å². The van der Waals surface area contributed by atoms with Gasteiger partial charge in [-0.2, -0.15) is 0 Å². The molecule has 140 valence electrons. The molecule has 0 aliphatic heterocycles. The molecule has 0 spiro atoms. The van der Waals surface area contributed by atoms with Crippen LogP contribution in [0.2, 0.25) is 0 Å². The van der Waals surface area contributed by atoms with Crippen LogP contribution in [-0.2, 0) is 5.75 Å². The van der Waals surface area contributed by atoms with Crippen molar-refractivity contribution in [3.8, 4) is 10.6 Å². The number of aromatic nitrogens is 3. The van der Waals surface area contributed by atoms with E-state index in [-0.39, 0.29) is 5.91 Å². The van der Waals surface area contributed by atoms with Crippen molar-refractivity contribution < 1.29 is 4.79 Å². The molecule has 1 N–H and O–H groups in total. The van der Waals surface area contributed by atoms with Gasteiger partial charge in [0.1, 0.15) is 0 Å². The molecule has 0 aliphatic rings. The lowest BCUT2D eigenvalue weighted by Crippen LogP contribution is -2.14. The zero-order chi connectivity index (χ0) is 19.3. The summed E-state index contributed by atoms with van der Waals surface area (Å²) in [4.78, 5) is 18.2. The van der Waals surface area contributed by atoms with Gasteiger partial charge in [0, 0.05) is 5.75 Å². The number of pyridine rings is 1. The molecule has 3 heterocycles. The van der Waals surface area contributed by atoms with Gasteiger partial charge in [0.25, 0.3) is 5.91 Å². The van der Waals surface area contributed by atoms with Gasteiger partial charge >= 0.3 is 0 Å². The molecular weight excluding hydrogens is 408 g/mol. The maximum atomic E-state index is 12.6. The first-order chi connectivity index (χ1) is 13.7. The van der Waals surface area contributed by atoms with Gasteiger partial charge in [0.15, 0.2) is 4.34 Å². The third-order valence-corrected chi connectivity index (χ3v) is 6.87. The minimum atomic E-state index is -0.224. The third-order valence-electron chi connectivity index (χ3n) is 3.94. The summed E-state index contributed by atoms with van der Waals surface area (Å²) in [5.41, 5.74) is 3.32. The lowest BCUT2D eigenvalue weighted by atomic mass is 10.1. The lowest BCUT2D eigenvalue weighted by molar-refractivity contribution is 0.102. The number of amides is 1. The molecule has 4 aromatic rings. The minimum absolute atomic E-state index is 0.224. The van der Waals surface area contributed by atoms with Crippen molar-refractivity contribution in [2.75, 3.05) is 5.32 Å². The second-order valence-electron chi connectivity index (χ2n) is 5.91. The Balaban J connectivity index is 1.40. The van der Waals surface area contributed by atoms with Crippen molar-refractivity contribution in [1.29, 1.82) is 0 Å². The Morgan fingerprint density at radius 3 is 2.68 bits per heavy atom. The van der Waals surface area contributed by atoms with Crippen LogP contribution in [0.1, 0.15) is 21.6 Å². The van der Waals surface area contributed by atoms with Crippen molar-refractivity contribution in [3.63, 3.8) is 0 Å². The van der Waals surface area contributed by atoms with Gasteiger partial charge in [-0.1, -0.05) is 59.5 Å². The summed E-state index contributed by atoms with van der Waals surface area (Å²) in [5, 5.41) is 13.6. The van der Waals surface area contributed by atoms with E-state index in [4.69, 9.17) is 0 Å². The number of anilines is 1. The van der Waals surface area contributed by atoms with Gasteiger partial charge in [0.05, 0.1) is 21.8 Å². The highest BCUT2D eigenvalue weighted by Gasteiger charge is 2.14. The molecule has 1 aromatic carbocycles. The van der Waals surface area contributed by atoms with Crippen LogP contribution in [0.5, 0.6) is 0 Å². The molecule has 4 rings (SSSR count). The van der Waals surface area contributed by atoms with Crippen molar-refractivity contribution in [3.05, 3.63) is 76.8 Å². The predicted molar refractivity (Wildman–Crippen MR) is 116 cm³/mol. The molecule has 0 atom stereocenters. The highest BCUT2D eigenvalue weighted by Crippen LogP contribution is 2.29. The number of carbonyl (C=O) groups excluding carboxylic acids is 1. The number of thiophene rings is 1. The van der Waals surface area contributed by atoms with E-state index in [1.54, 1.807) is 29.2 Å². The van der Waals surface area contributed by atoms with Gasteiger partial charge in [-0.05, 0) is 36.1 Å². The molecule has 0 radical (unpaired) electrons. The van der Waals surface area contributed by atoms with Crippen LogP contribution in [0.3, 0.4) is 0 Å². The molecule has 0 saturated heterocycles. The maximum absolute atomic E-state index is 12.6. The first-order valence-corrected chi connectivity index (χ1v) is 11.2. The largest absolute Gasteiger partial charge is 0.296 e. The molecule has 5 nitrogen and oxygen atoms in total. The molecule has 8 heteroatoms. The lowest BCUT2D eigenvalue weighted by Gasteiger charge is -2.06. The number of hydrogen-bond acceptors (Lipinski definition) is 7. The van der Waals surface area contributed by atoms with Crippen molar-refractivity contribution in [2.24, 2.45) is 0 Å². The van der Waals surface area contributed by atoms with E-state index in [0.717, 1.165) is 20.7 Å². The predicted octanol–water partition coefficient (Wildman–Crippen LogP) is 5.51. The molecule has 0 saturated carbocycles. The zero-order valence-electron chi connectivity index (χ0n) is 15.0. The van der Waals surface area contributed by atoms with Gasteiger partial charge in [-0.3, -0.25) is 15.1 Å². The summed E-state index contributed by atoms with van der Waals surface area (Å²) >= 11 is 4.60. The molecular formula is C20H16N4OS3. The van der Waals surface area contributed by atoms with Crippen LogP contribution in [0.4, 0.5) is 5.13 Å². The second kappa shape index (κ2) is 8.64. The molecule has 28 heavy (non-hydrogen) atoms. The number of nitrogens with one attached hydrogen (secondary N) is 1. The van der Waals surface area contributed by atoms with Crippen LogP contribution in [-0.4, -0.2) is 21.1 Å². The Labute approximate surface area is 174 Å². The zero-order valence-corrected chi connectivity index (χ0v) is 17.4. The van der Waals surface area contributed by atoms with E-state index in [1.807, 2.05) is 48.7 Å². The summed E-state index contributed by atoms with van der Waals surface area (Å²) < 4.78 is 0.821. The average molecular weight is 425 g/mol. The Kier molecular flexibility index (Phi) is 5.80. The quantitative estimate of drug-likeness (QED) is 0.326. The van der Waals surface area contributed by atoms with E-state index >= 15 is 0 Å². The van der Waals surface area contributed by atoms with E-state index in [2.05, 4.69) is 32.6 Å². The van der Waals surface area contributed by atoms with Gasteiger partial charge < -0.3 is 0 Å². The number of carbonyl (C=O) groups is 1. The van der Waals surface area contributed by atoms with E-state index in [0.29, 0.717) is 16.4 Å². The topological polar surface area (TPSA) is 67.8 Å². The van der Waals surface area contributed by atoms with E-state index in [9.17, 15) is 4.79 Å². The normalized spacial score (nSPS) is 10.8. The Morgan fingerprint density at radius 2 is 1.93 bits per heavy atom. The SMILES string of the molecule is Cc1nc(-c2cccs2)ccc1C(=O)Nc1nnc(SCc2ccccc2)s1. The summed E-state index contributed by atoms with van der Waals surface area (Å²) in [7, 11) is 0. The fourth-order valence-corrected chi connectivity index (χ4v) is 4.96. The summed E-state index contributed by atoms with van der Waals surface area (Å²) in [6.07, 6.45) is 0. The Bertz CT molecular complexity index is 1080. The number of hydrogen-bond donors (Lipinski definition) is 1. The first kappa shape index (κ1) is 18.8. The molecule has 0 bridgehead atoms. The summed E-state index contributed by atoms with van der Waals surface area (Å²) in [6, 6.07) is 17.9. The number of benzene rings is 1. The molecule has 0 fully saturated rings. The second-order valence-corrected chi connectivity index (χ2v) is 9.06. The molecule has 0 aliphatic carbocycles. The first-order valence-electron chi connectivity index (χ1n) is 8.52. The summed E-state index contributed by atoms with van der Waals surface area (Å²) in [5.74, 6) is 0.592. The van der Waals surface area contributed by atoms with Crippen LogP contribution < -0.4 is 5.32 Å². The average Bonchev–Trinajstić information content (AvgIpc) is 3.39. The van der Waals surface area contributed by atoms with E-state index < -0.39 is 0 Å². The fourth-order valence-electron chi connectivity index (χ4n) is 2.56. The van der Waals surface area contributed by atoms with Crippen LogP contribution >= 0.6 is 34.4 Å². The van der Waals surface area contributed by atoms with Gasteiger partial charge in [-0.25, -0.2) is 0 Å². The number of rotatable bonds is 6. The van der Waals surface area contributed by atoms with Crippen LogP contribution in [0.25, 0.3) is 10.6 Å². The van der Waals surface area contributed by atoms with Crippen LogP contribution in [0, 0.1) is 6.92 Å². The minimum Gasteiger partial charge on any atom is -0.296 e. The Hall–Kier alpha value is -2.55. The number of thioether (sulfide) groups is 1. The van der Waals surface area contributed by atoms with Crippen LogP contribution in [0.15, 0.2) is 64.3 Å². The standard InChI is InChI=1S/C20H16N4OS3/c1-13-15(9-10-16(21-13)17-8-5-11-26-17)18(25)22-19-23-24-20(28-19)27-12-14-6-3-2-4-7-14/h2-11H,12H2,1H3,(H,22,23,25). The number of nitrogens with zero attached hydrogens (tertiary/aromatic N) is 3. The number of aryl methyl sites for hydroxylation is 1. The fraction of sp³-hybridized carbons (Fsp3) is 0.100. The molecule has 3 aromatic heterocycles. The highest BCUT2D eigenvalue weighted by atomic mass is 32.2. The van der Waals surface area contributed by atoms with Gasteiger partial charge in [-0.15, -0.1) is 21.5 Å². The Morgan fingerprint density at radius 1 is 1.07 bits per heavy atom. The van der Waals surface area contributed by atoms with E-state index in [1.165, 1.54) is 16.9 Å². The molecule has 1 amide bonds. The third kappa shape index (κ3) is 4.46. The summed E-state index contributed by atoms with van der Waals surface area (Å²) in [6.45, 7) is 1.84. The maximum Gasteiger partial charge on any atom is 0.259 e. The van der Waals surface area contributed by atoms with Gasteiger partial charge in [0.2, 0.25) is 5.13 Å². The highest BCUT2D eigenvalue weighted by molar-refractivity contribution is 8.00. The smallest absolute Gasteiger partial charge is 0.259 e. The molecule has 0 unspecified atom stereocenters. The monoisotopic (exact) mass is 424 g/mol.